The topological polar surface area (TPSA) is 51.6 Å². The average Bonchev–Trinajstić information content (AvgIpc) is 3.29. The summed E-state index contributed by atoms with van der Waals surface area (Å²) in [6.07, 6.45) is 0. The van der Waals surface area contributed by atoms with E-state index in [0.717, 1.165) is 32.7 Å². The fourth-order valence-electron chi connectivity index (χ4n) is 2.86. The van der Waals surface area contributed by atoms with E-state index in [1.807, 2.05) is 0 Å². The third kappa shape index (κ3) is 2.96. The molecule has 0 amide bonds. The maximum atomic E-state index is 13.5. The predicted octanol–water partition coefficient (Wildman–Crippen LogP) is 6.35. The molecule has 12 heteroatoms. The van der Waals surface area contributed by atoms with Crippen LogP contribution in [0.25, 0.3) is 22.1 Å². The predicted molar refractivity (Wildman–Crippen MR) is 109 cm³/mol. The Hall–Kier alpha value is -2.02. The molecule has 2 aliphatic rings. The van der Waals surface area contributed by atoms with Crippen LogP contribution in [-0.2, 0) is 0 Å². The first-order valence-corrected chi connectivity index (χ1v) is 11.5. The summed E-state index contributed by atoms with van der Waals surface area (Å²) < 4.78 is 55.8. The number of aromatic nitrogens is 4. The van der Waals surface area contributed by atoms with Crippen molar-refractivity contribution in [2.24, 2.45) is 0 Å². The van der Waals surface area contributed by atoms with Gasteiger partial charge in [0.05, 0.1) is 30.5 Å². The van der Waals surface area contributed by atoms with Crippen molar-refractivity contribution in [1.29, 1.82) is 0 Å². The molecule has 0 bridgehead atoms. The van der Waals surface area contributed by atoms with Gasteiger partial charge in [0.25, 0.3) is 0 Å². The van der Waals surface area contributed by atoms with E-state index in [4.69, 9.17) is 0 Å². The number of halogens is 4. The van der Waals surface area contributed by atoms with Crippen LogP contribution in [0.2, 0.25) is 0 Å². The summed E-state index contributed by atoms with van der Waals surface area (Å²) >= 11 is 5.49. The molecule has 6 rings (SSSR count). The Labute approximate surface area is 182 Å². The van der Waals surface area contributed by atoms with Crippen molar-refractivity contribution < 1.29 is 17.6 Å². The second kappa shape index (κ2) is 6.74. The van der Waals surface area contributed by atoms with Gasteiger partial charge in [-0.25, -0.2) is 37.5 Å². The molecule has 0 saturated carbocycles. The van der Waals surface area contributed by atoms with Crippen LogP contribution in [-0.4, -0.2) is 19.9 Å². The second-order valence-electron chi connectivity index (χ2n) is 6.16. The number of fused-ring (bicyclic) bond motifs is 4. The van der Waals surface area contributed by atoms with E-state index in [2.05, 4.69) is 19.9 Å². The lowest BCUT2D eigenvalue weighted by Crippen LogP contribution is -1.92. The molecule has 148 valence electrons. The fourth-order valence-corrected chi connectivity index (χ4v) is 7.79. The molecule has 2 aromatic heterocycles. The average molecular weight is 481 g/mol. The molecule has 0 unspecified atom stereocenters. The Morgan fingerprint density at radius 1 is 0.433 bits per heavy atom. The normalized spacial score (nSPS) is 15.3. The van der Waals surface area contributed by atoms with Crippen molar-refractivity contribution in [3.05, 3.63) is 56.0 Å². The number of hydrogen-bond donors (Lipinski definition) is 0. The lowest BCUT2D eigenvalue weighted by molar-refractivity contribution is 0.510. The van der Waals surface area contributed by atoms with Gasteiger partial charge >= 0.3 is 0 Å². The number of rotatable bonds is 0. The molecule has 2 aromatic carbocycles. The van der Waals surface area contributed by atoms with Crippen LogP contribution in [0.3, 0.4) is 0 Å². The van der Waals surface area contributed by atoms with E-state index in [0.29, 0.717) is 20.1 Å². The van der Waals surface area contributed by atoms with E-state index >= 15 is 0 Å². The van der Waals surface area contributed by atoms with Gasteiger partial charge in [-0.15, -0.1) is 0 Å². The second-order valence-corrected chi connectivity index (χ2v) is 10.7. The van der Waals surface area contributed by atoms with Crippen molar-refractivity contribution in [2.45, 2.75) is 20.1 Å². The standard InChI is InChI=1S/C18H4F4N4S4/c19-5-1-9-10(2-6(5)20)24-14-13(23-9)27-17(28-14)18-29-15-16(30-18)26-12-4-8(22)7(21)3-11(12)25-15/h1-4H. The zero-order valence-corrected chi connectivity index (χ0v) is 17.5. The highest BCUT2D eigenvalue weighted by atomic mass is 32.2. The molecule has 0 radical (unpaired) electrons. The van der Waals surface area contributed by atoms with Gasteiger partial charge in [-0.2, -0.15) is 0 Å². The molecule has 30 heavy (non-hydrogen) atoms. The summed E-state index contributed by atoms with van der Waals surface area (Å²) in [6.45, 7) is 0. The van der Waals surface area contributed by atoms with Crippen LogP contribution in [0, 0.1) is 23.3 Å². The SMILES string of the molecule is Fc1cc2nc3c(nc2cc1F)SC(=C1Sc2nc4cc(F)c(F)cc4nc2S1)S3. The van der Waals surface area contributed by atoms with Crippen molar-refractivity contribution in [2.75, 3.05) is 0 Å². The van der Waals surface area contributed by atoms with E-state index in [1.165, 1.54) is 47.0 Å². The molecule has 4 aromatic rings. The van der Waals surface area contributed by atoms with Crippen LogP contribution in [0.4, 0.5) is 17.6 Å². The van der Waals surface area contributed by atoms with Crippen LogP contribution in [0.1, 0.15) is 0 Å². The zero-order chi connectivity index (χ0) is 20.6. The van der Waals surface area contributed by atoms with Gasteiger partial charge in [-0.1, -0.05) is 47.0 Å². The van der Waals surface area contributed by atoms with Crippen LogP contribution >= 0.6 is 47.0 Å². The van der Waals surface area contributed by atoms with Gasteiger partial charge in [0.1, 0.15) is 20.1 Å². The highest BCUT2D eigenvalue weighted by molar-refractivity contribution is 8.30. The number of hydrogen-bond acceptors (Lipinski definition) is 8. The summed E-state index contributed by atoms with van der Waals surface area (Å²) in [4.78, 5) is 17.6. The minimum absolute atomic E-state index is 0.278. The molecular weight excluding hydrogens is 476 g/mol. The minimum Gasteiger partial charge on any atom is -0.236 e. The van der Waals surface area contributed by atoms with Gasteiger partial charge in [0.15, 0.2) is 23.3 Å². The molecule has 0 atom stereocenters. The van der Waals surface area contributed by atoms with Crippen LogP contribution in [0.15, 0.2) is 52.8 Å². The highest BCUT2D eigenvalue weighted by Gasteiger charge is 2.31. The minimum atomic E-state index is -0.972. The van der Waals surface area contributed by atoms with E-state index < -0.39 is 23.3 Å². The van der Waals surface area contributed by atoms with Gasteiger partial charge in [0, 0.05) is 24.3 Å². The summed E-state index contributed by atoms with van der Waals surface area (Å²) in [5.74, 6) is -3.89. The Morgan fingerprint density at radius 3 is 0.900 bits per heavy atom. The quantitative estimate of drug-likeness (QED) is 0.270. The van der Waals surface area contributed by atoms with Gasteiger partial charge in [0.2, 0.25) is 0 Å². The maximum absolute atomic E-state index is 13.5. The Kier molecular flexibility index (Phi) is 4.21. The van der Waals surface area contributed by atoms with Crippen molar-refractivity contribution in [1.82, 2.24) is 19.9 Å². The lowest BCUT2D eigenvalue weighted by Gasteiger charge is -2.00. The first-order chi connectivity index (χ1) is 14.4. The summed E-state index contributed by atoms with van der Waals surface area (Å²) in [5, 5.41) is 2.42. The van der Waals surface area contributed by atoms with Crippen LogP contribution < -0.4 is 0 Å². The van der Waals surface area contributed by atoms with Gasteiger partial charge < -0.3 is 0 Å². The molecule has 0 N–H and O–H groups in total. The van der Waals surface area contributed by atoms with Gasteiger partial charge in [-0.3, -0.25) is 0 Å². The van der Waals surface area contributed by atoms with Crippen molar-refractivity contribution >= 4 is 69.1 Å². The Morgan fingerprint density at radius 2 is 0.667 bits per heavy atom. The third-order valence-corrected chi connectivity index (χ3v) is 9.46. The monoisotopic (exact) mass is 480 g/mol. The van der Waals surface area contributed by atoms with Gasteiger partial charge in [-0.05, 0) is 0 Å². The molecule has 4 nitrogen and oxygen atoms in total. The maximum Gasteiger partial charge on any atom is 0.161 e. The molecule has 0 saturated heterocycles. The smallest absolute Gasteiger partial charge is 0.161 e. The van der Waals surface area contributed by atoms with Crippen molar-refractivity contribution in [3.8, 4) is 0 Å². The molecule has 0 fully saturated rings. The first-order valence-electron chi connectivity index (χ1n) is 8.24. The molecule has 0 spiro atoms. The number of benzene rings is 2. The number of nitrogens with zero attached hydrogens (tertiary/aromatic N) is 4. The third-order valence-electron chi connectivity index (χ3n) is 4.21. The first kappa shape index (κ1) is 18.7. The summed E-state index contributed by atoms with van der Waals surface area (Å²) in [5.41, 5.74) is 1.11. The lowest BCUT2D eigenvalue weighted by atomic mass is 10.3. The zero-order valence-electron chi connectivity index (χ0n) is 14.2. The van der Waals surface area contributed by atoms with E-state index in [9.17, 15) is 17.6 Å². The largest absolute Gasteiger partial charge is 0.236 e. The highest BCUT2D eigenvalue weighted by Crippen LogP contribution is 2.60. The van der Waals surface area contributed by atoms with E-state index in [1.54, 1.807) is 0 Å². The summed E-state index contributed by atoms with van der Waals surface area (Å²) in [6, 6.07) is 4.11. The fraction of sp³-hybridized carbons (Fsp3) is 0. The molecule has 0 aliphatic carbocycles. The molecular formula is C18H4F4N4S4. The number of thioether (sulfide) groups is 4. The van der Waals surface area contributed by atoms with Crippen molar-refractivity contribution in [3.63, 3.8) is 0 Å². The van der Waals surface area contributed by atoms with E-state index in [-0.39, 0.29) is 22.1 Å². The van der Waals surface area contributed by atoms with Crippen LogP contribution in [0.5, 0.6) is 0 Å². The Balaban J connectivity index is 1.38. The molecule has 2 aliphatic heterocycles. The summed E-state index contributed by atoms with van der Waals surface area (Å²) in [7, 11) is 0. The molecule has 4 heterocycles. The Bertz CT molecular complexity index is 1250.